The summed E-state index contributed by atoms with van der Waals surface area (Å²) in [5, 5.41) is 9.44. The summed E-state index contributed by atoms with van der Waals surface area (Å²) >= 11 is 0. The Hall–Kier alpha value is -3.48. The van der Waals surface area contributed by atoms with Gasteiger partial charge in [-0.05, 0) is 65.9 Å². The third-order valence-corrected chi connectivity index (χ3v) is 6.64. The fourth-order valence-electron chi connectivity index (χ4n) is 4.80. The van der Waals surface area contributed by atoms with Crippen molar-refractivity contribution in [1.82, 2.24) is 30.6 Å². The summed E-state index contributed by atoms with van der Waals surface area (Å²) in [6, 6.07) is 13.3. The van der Waals surface area contributed by atoms with Crippen LogP contribution in [0.5, 0.6) is 0 Å². The van der Waals surface area contributed by atoms with Gasteiger partial charge in [-0.1, -0.05) is 62.4 Å². The second kappa shape index (κ2) is 11.5. The van der Waals surface area contributed by atoms with Crippen molar-refractivity contribution < 1.29 is 0 Å². The molecule has 0 fully saturated rings. The molecule has 0 atom stereocenters. The Balaban J connectivity index is 1.40. The first-order valence-corrected chi connectivity index (χ1v) is 13.2. The number of H-pyrrole nitrogens is 2. The average Bonchev–Trinajstić information content (AvgIpc) is 3.59. The molecule has 186 valence electrons. The normalized spacial score (nSPS) is 12.7. The standard InChI is InChI=1S/C30H36N6/c1-3-15-31-19-29-33-17-27(35-29)22-11-9-21(10-12-22)23-13-14-26(25-8-6-5-7-24(23)25)28-18-34-30(36-28)20-32-16-4-2/h7-14,17-18,31-32H,3-6,15-16,19-20H2,1-2H3,(H,33,35)(H,34,36). The van der Waals surface area contributed by atoms with Gasteiger partial charge in [-0.25, -0.2) is 9.97 Å². The molecule has 2 heterocycles. The second-order valence-corrected chi connectivity index (χ2v) is 9.39. The molecule has 6 nitrogen and oxygen atoms in total. The van der Waals surface area contributed by atoms with Crippen molar-refractivity contribution in [2.24, 2.45) is 0 Å². The van der Waals surface area contributed by atoms with Gasteiger partial charge in [0.05, 0.1) is 36.9 Å². The monoisotopic (exact) mass is 480 g/mol. The first kappa shape index (κ1) is 24.2. The van der Waals surface area contributed by atoms with Crippen molar-refractivity contribution in [3.63, 3.8) is 0 Å². The molecular formula is C30H36N6. The molecule has 0 radical (unpaired) electrons. The minimum absolute atomic E-state index is 0.767. The van der Waals surface area contributed by atoms with Gasteiger partial charge in [0.15, 0.2) is 0 Å². The van der Waals surface area contributed by atoms with E-state index >= 15 is 0 Å². The third kappa shape index (κ3) is 5.35. The van der Waals surface area contributed by atoms with E-state index in [0.29, 0.717) is 0 Å². The lowest BCUT2D eigenvalue weighted by atomic mass is 9.93. The molecule has 0 saturated carbocycles. The maximum atomic E-state index is 4.60. The summed E-state index contributed by atoms with van der Waals surface area (Å²) < 4.78 is 0. The minimum Gasteiger partial charge on any atom is -0.341 e. The lowest BCUT2D eigenvalue weighted by molar-refractivity contribution is 0.655. The molecule has 6 heteroatoms. The fraction of sp³-hybridized carbons (Fsp3) is 0.333. The molecule has 2 aromatic carbocycles. The van der Waals surface area contributed by atoms with Crippen LogP contribution in [0.4, 0.5) is 0 Å². The highest BCUT2D eigenvalue weighted by atomic mass is 15.0. The molecule has 1 aliphatic rings. The summed E-state index contributed by atoms with van der Waals surface area (Å²) in [5.74, 6) is 1.95. The van der Waals surface area contributed by atoms with Crippen LogP contribution in [-0.4, -0.2) is 33.0 Å². The van der Waals surface area contributed by atoms with Gasteiger partial charge in [0.25, 0.3) is 0 Å². The van der Waals surface area contributed by atoms with Gasteiger partial charge >= 0.3 is 0 Å². The number of nitrogens with zero attached hydrogens (tertiary/aromatic N) is 2. The van der Waals surface area contributed by atoms with Gasteiger partial charge in [-0.15, -0.1) is 0 Å². The zero-order valence-corrected chi connectivity index (χ0v) is 21.3. The molecule has 0 aliphatic heterocycles. The van der Waals surface area contributed by atoms with Crippen LogP contribution in [-0.2, 0) is 13.1 Å². The van der Waals surface area contributed by atoms with E-state index in [2.05, 4.69) is 93.0 Å². The molecular weight excluding hydrogens is 444 g/mol. The highest BCUT2D eigenvalue weighted by molar-refractivity contribution is 5.74. The summed E-state index contributed by atoms with van der Waals surface area (Å²) in [6.07, 6.45) is 13.0. The van der Waals surface area contributed by atoms with Gasteiger partial charge in [0.1, 0.15) is 11.6 Å². The molecule has 5 rings (SSSR count). The zero-order chi connectivity index (χ0) is 24.7. The number of rotatable bonds is 11. The molecule has 0 bridgehead atoms. The number of nitrogens with one attached hydrogen (secondary N) is 4. The van der Waals surface area contributed by atoms with Crippen LogP contribution in [0.2, 0.25) is 0 Å². The van der Waals surface area contributed by atoms with Crippen molar-refractivity contribution in [3.8, 4) is 33.6 Å². The molecule has 2 aromatic heterocycles. The Kier molecular flexibility index (Phi) is 7.74. The minimum atomic E-state index is 0.767. The number of aromatic amines is 2. The van der Waals surface area contributed by atoms with E-state index in [9.17, 15) is 0 Å². The topological polar surface area (TPSA) is 81.4 Å². The van der Waals surface area contributed by atoms with Crippen molar-refractivity contribution in [2.45, 2.75) is 52.6 Å². The number of hydrogen-bond acceptors (Lipinski definition) is 4. The summed E-state index contributed by atoms with van der Waals surface area (Å²) in [6.45, 7) is 7.88. The average molecular weight is 481 g/mol. The lowest BCUT2D eigenvalue weighted by Crippen LogP contribution is -2.30. The quantitative estimate of drug-likeness (QED) is 0.239. The Morgan fingerprint density at radius 2 is 1.19 bits per heavy atom. The Labute approximate surface area is 213 Å². The smallest absolute Gasteiger partial charge is 0.120 e. The van der Waals surface area contributed by atoms with E-state index < -0.39 is 0 Å². The SMILES string of the molecule is CCCNCc1ncc(-c2ccc(-c3ccc(-c4cnc(CNCCC)[nH]4)c4c3=CCCC=4)cc2)[nH]1. The Morgan fingerprint density at radius 3 is 1.83 bits per heavy atom. The third-order valence-electron chi connectivity index (χ3n) is 6.64. The van der Waals surface area contributed by atoms with Crippen molar-refractivity contribution in [1.29, 1.82) is 0 Å². The number of imidazole rings is 2. The number of aromatic nitrogens is 4. The maximum absolute atomic E-state index is 4.60. The van der Waals surface area contributed by atoms with E-state index in [1.807, 2.05) is 12.4 Å². The summed E-state index contributed by atoms with van der Waals surface area (Å²) in [7, 11) is 0. The highest BCUT2D eigenvalue weighted by Gasteiger charge is 2.12. The number of benzene rings is 2. The molecule has 0 spiro atoms. The van der Waals surface area contributed by atoms with Crippen LogP contribution in [0, 0.1) is 0 Å². The molecule has 4 N–H and O–H groups in total. The van der Waals surface area contributed by atoms with Gasteiger partial charge in [0, 0.05) is 5.56 Å². The molecule has 4 aromatic rings. The highest BCUT2D eigenvalue weighted by Crippen LogP contribution is 2.24. The van der Waals surface area contributed by atoms with Crippen molar-refractivity contribution in [2.75, 3.05) is 13.1 Å². The van der Waals surface area contributed by atoms with Crippen LogP contribution in [0.15, 0.2) is 48.8 Å². The second-order valence-electron chi connectivity index (χ2n) is 9.39. The summed E-state index contributed by atoms with van der Waals surface area (Å²) in [5.41, 5.74) is 7.00. The van der Waals surface area contributed by atoms with E-state index in [4.69, 9.17) is 0 Å². The largest absolute Gasteiger partial charge is 0.341 e. The van der Waals surface area contributed by atoms with Crippen LogP contribution >= 0.6 is 0 Å². The Bertz CT molecular complexity index is 1410. The predicted octanol–water partition coefficient (Wildman–Crippen LogP) is 4.49. The van der Waals surface area contributed by atoms with Gasteiger partial charge in [0.2, 0.25) is 0 Å². The van der Waals surface area contributed by atoms with Gasteiger partial charge < -0.3 is 20.6 Å². The van der Waals surface area contributed by atoms with E-state index in [1.54, 1.807) is 0 Å². The van der Waals surface area contributed by atoms with Crippen molar-refractivity contribution in [3.05, 3.63) is 70.9 Å². The molecule has 0 saturated heterocycles. The van der Waals surface area contributed by atoms with E-state index in [-0.39, 0.29) is 0 Å². The first-order chi connectivity index (χ1) is 17.8. The number of fused-ring (bicyclic) bond motifs is 1. The molecule has 1 aliphatic carbocycles. The fourth-order valence-corrected chi connectivity index (χ4v) is 4.80. The maximum Gasteiger partial charge on any atom is 0.120 e. The number of hydrogen-bond donors (Lipinski definition) is 4. The molecule has 36 heavy (non-hydrogen) atoms. The Morgan fingerprint density at radius 1 is 0.667 bits per heavy atom. The summed E-state index contributed by atoms with van der Waals surface area (Å²) in [4.78, 5) is 16.1. The predicted molar refractivity (Wildman–Crippen MR) is 148 cm³/mol. The van der Waals surface area contributed by atoms with Crippen molar-refractivity contribution >= 4 is 12.2 Å². The van der Waals surface area contributed by atoms with Crippen LogP contribution < -0.4 is 21.1 Å². The first-order valence-electron chi connectivity index (χ1n) is 13.2. The molecule has 0 amide bonds. The van der Waals surface area contributed by atoms with Gasteiger partial charge in [-0.2, -0.15) is 0 Å². The van der Waals surface area contributed by atoms with Gasteiger partial charge in [-0.3, -0.25) is 0 Å². The zero-order valence-electron chi connectivity index (χ0n) is 21.3. The van der Waals surface area contributed by atoms with Crippen LogP contribution in [0.25, 0.3) is 45.8 Å². The lowest BCUT2D eigenvalue weighted by Gasteiger charge is -2.12. The van der Waals surface area contributed by atoms with Crippen LogP contribution in [0.3, 0.4) is 0 Å². The van der Waals surface area contributed by atoms with E-state index in [0.717, 1.165) is 80.5 Å². The van der Waals surface area contributed by atoms with Crippen LogP contribution in [0.1, 0.15) is 51.2 Å². The van der Waals surface area contributed by atoms with E-state index in [1.165, 1.54) is 27.1 Å². The molecule has 0 unspecified atom stereocenters.